The summed E-state index contributed by atoms with van der Waals surface area (Å²) in [6.45, 7) is 1.97. The van der Waals surface area contributed by atoms with Crippen molar-refractivity contribution in [2.75, 3.05) is 5.73 Å². The first-order valence-corrected chi connectivity index (χ1v) is 6.84. The molecule has 0 aliphatic heterocycles. The minimum Gasteiger partial charge on any atom is -0.412 e. The molecule has 0 saturated carbocycles. The molecule has 3 rings (SSSR count). The lowest BCUT2D eigenvalue weighted by Gasteiger charge is -2.09. The van der Waals surface area contributed by atoms with E-state index in [1.165, 1.54) is 11.8 Å². The molecule has 0 saturated heterocycles. The van der Waals surface area contributed by atoms with Gasteiger partial charge in [-0.3, -0.25) is 14.8 Å². The van der Waals surface area contributed by atoms with Crippen molar-refractivity contribution in [3.63, 3.8) is 0 Å². The van der Waals surface area contributed by atoms with Crippen molar-refractivity contribution in [3.05, 3.63) is 52.6 Å². The largest absolute Gasteiger partial charge is 0.412 e. The molecular weight excluding hydrogens is 375 g/mol. The molecule has 0 spiro atoms. The number of aromatic amines is 1. The Balaban J connectivity index is 0. The minimum atomic E-state index is -0.215. The summed E-state index contributed by atoms with van der Waals surface area (Å²) in [5.74, 6) is 0.131. The average Bonchev–Trinajstić information content (AvgIpc) is 2.43. The second-order valence-corrected chi connectivity index (χ2v) is 5.43. The first-order valence-electron chi connectivity index (χ1n) is 6.02. The van der Waals surface area contributed by atoms with Crippen LogP contribution in [0, 0.1) is 6.92 Å². The SMILES string of the molecule is Cc1ccc2nc(N)[nH]c(=O)c2c1Sc1ccncc1.Cl.Cl.O.O. The number of hydrogen-bond acceptors (Lipinski definition) is 5. The van der Waals surface area contributed by atoms with Crippen LogP contribution >= 0.6 is 36.6 Å². The molecule has 1 aromatic carbocycles. The van der Waals surface area contributed by atoms with E-state index in [9.17, 15) is 4.79 Å². The molecule has 10 heteroatoms. The number of pyridine rings is 1. The van der Waals surface area contributed by atoms with Crippen molar-refractivity contribution in [2.24, 2.45) is 0 Å². The first-order chi connectivity index (χ1) is 9.65. The van der Waals surface area contributed by atoms with Crippen LogP contribution in [0.25, 0.3) is 10.9 Å². The maximum Gasteiger partial charge on any atom is 0.261 e. The number of fused-ring (bicyclic) bond motifs is 1. The third kappa shape index (κ3) is 4.83. The van der Waals surface area contributed by atoms with Crippen LogP contribution in [-0.2, 0) is 0 Å². The van der Waals surface area contributed by atoms with Crippen molar-refractivity contribution < 1.29 is 11.0 Å². The fourth-order valence-electron chi connectivity index (χ4n) is 1.98. The van der Waals surface area contributed by atoms with E-state index in [2.05, 4.69) is 15.0 Å². The van der Waals surface area contributed by atoms with Gasteiger partial charge in [-0.2, -0.15) is 0 Å². The predicted octanol–water partition coefficient (Wildman–Crippen LogP) is 1.55. The van der Waals surface area contributed by atoms with Crippen LogP contribution in [0.1, 0.15) is 5.56 Å². The number of nitrogens with zero attached hydrogens (tertiary/aromatic N) is 2. The van der Waals surface area contributed by atoms with Crippen LogP contribution in [0.15, 0.2) is 51.2 Å². The number of nitrogens with two attached hydrogens (primary N) is 1. The molecule has 0 aliphatic carbocycles. The van der Waals surface area contributed by atoms with Crippen molar-refractivity contribution in [2.45, 2.75) is 16.7 Å². The number of nitrogen functional groups attached to an aromatic ring is 1. The Morgan fingerprint density at radius 2 is 1.71 bits per heavy atom. The first kappa shape index (κ1) is 24.4. The Hall–Kier alpha value is -1.84. The zero-order valence-corrected chi connectivity index (χ0v) is 15.0. The number of aryl methyl sites for hydroxylation is 1. The molecule has 3 aromatic rings. The van der Waals surface area contributed by atoms with Crippen LogP contribution in [0.5, 0.6) is 0 Å². The predicted molar refractivity (Wildman–Crippen MR) is 102 cm³/mol. The molecule has 0 amide bonds. The Morgan fingerprint density at radius 3 is 2.33 bits per heavy atom. The van der Waals surface area contributed by atoms with E-state index in [1.807, 2.05) is 31.2 Å². The maximum atomic E-state index is 12.2. The molecule has 0 aliphatic rings. The fraction of sp³-hybridized carbons (Fsp3) is 0.0714. The quantitative estimate of drug-likeness (QED) is 0.678. The van der Waals surface area contributed by atoms with Gasteiger partial charge in [0.15, 0.2) is 0 Å². The van der Waals surface area contributed by atoms with E-state index >= 15 is 0 Å². The number of nitrogens with one attached hydrogen (secondary N) is 1. The number of hydrogen-bond donors (Lipinski definition) is 2. The molecule has 0 atom stereocenters. The van der Waals surface area contributed by atoms with Gasteiger partial charge >= 0.3 is 0 Å². The molecule has 2 aromatic heterocycles. The molecule has 24 heavy (non-hydrogen) atoms. The Kier molecular flexibility index (Phi) is 10.3. The summed E-state index contributed by atoms with van der Waals surface area (Å²) in [4.78, 5) is 24.8. The second-order valence-electron chi connectivity index (χ2n) is 4.34. The van der Waals surface area contributed by atoms with E-state index in [-0.39, 0.29) is 47.3 Å². The molecule has 0 bridgehead atoms. The maximum absolute atomic E-state index is 12.2. The second kappa shape index (κ2) is 10.1. The Labute approximate surface area is 154 Å². The van der Waals surface area contributed by atoms with Crippen LogP contribution in [0.2, 0.25) is 0 Å². The summed E-state index contributed by atoms with van der Waals surface area (Å²) in [6.07, 6.45) is 3.45. The Morgan fingerprint density at radius 1 is 1.08 bits per heavy atom. The van der Waals surface area contributed by atoms with Gasteiger partial charge in [0, 0.05) is 22.2 Å². The monoisotopic (exact) mass is 392 g/mol. The van der Waals surface area contributed by atoms with Crippen LogP contribution in [-0.4, -0.2) is 25.9 Å². The number of H-pyrrole nitrogens is 1. The van der Waals surface area contributed by atoms with Crippen molar-refractivity contribution >= 4 is 53.4 Å². The Bertz CT molecular complexity index is 847. The topological polar surface area (TPSA) is 148 Å². The molecule has 0 fully saturated rings. The highest BCUT2D eigenvalue weighted by Crippen LogP contribution is 2.33. The number of rotatable bonds is 2. The van der Waals surface area contributed by atoms with Crippen LogP contribution in [0.3, 0.4) is 0 Å². The zero-order chi connectivity index (χ0) is 14.1. The summed E-state index contributed by atoms with van der Waals surface area (Å²) in [5, 5.41) is 0.570. The van der Waals surface area contributed by atoms with Gasteiger partial charge in [-0.25, -0.2) is 4.98 Å². The number of aromatic nitrogens is 3. The van der Waals surface area contributed by atoms with E-state index in [1.54, 1.807) is 12.4 Å². The van der Waals surface area contributed by atoms with Gasteiger partial charge in [0.1, 0.15) is 0 Å². The molecule has 132 valence electrons. The number of benzene rings is 1. The van der Waals surface area contributed by atoms with E-state index in [0.29, 0.717) is 10.9 Å². The van der Waals surface area contributed by atoms with E-state index in [0.717, 1.165) is 15.4 Å². The van der Waals surface area contributed by atoms with E-state index < -0.39 is 0 Å². The molecular formula is C14H18Cl2N4O3S. The zero-order valence-electron chi connectivity index (χ0n) is 12.6. The van der Waals surface area contributed by atoms with Gasteiger partial charge in [0.2, 0.25) is 5.95 Å². The summed E-state index contributed by atoms with van der Waals surface area (Å²) in [7, 11) is 0. The summed E-state index contributed by atoms with van der Waals surface area (Å²) < 4.78 is 0. The lowest BCUT2D eigenvalue weighted by atomic mass is 10.1. The molecule has 7 nitrogen and oxygen atoms in total. The van der Waals surface area contributed by atoms with Gasteiger partial charge in [0.05, 0.1) is 10.9 Å². The molecule has 0 radical (unpaired) electrons. The number of anilines is 1. The smallest absolute Gasteiger partial charge is 0.261 e. The standard InChI is InChI=1S/C14H12N4OS.2ClH.2H2O/c1-8-2-3-10-11(13(19)18-14(15)17-10)12(8)20-9-4-6-16-7-5-9;;;;/h2-7H,1H3,(H3,15,17,18,19);2*1H;2*1H2. The third-order valence-electron chi connectivity index (χ3n) is 2.91. The number of halogens is 2. The van der Waals surface area contributed by atoms with Gasteiger partial charge in [-0.1, -0.05) is 17.8 Å². The lowest BCUT2D eigenvalue weighted by molar-refractivity contribution is 0.823. The summed E-state index contributed by atoms with van der Waals surface area (Å²) in [5.41, 5.74) is 7.00. The van der Waals surface area contributed by atoms with Crippen molar-refractivity contribution in [1.29, 1.82) is 0 Å². The van der Waals surface area contributed by atoms with Crippen LogP contribution in [0.4, 0.5) is 5.95 Å². The highest BCUT2D eigenvalue weighted by Gasteiger charge is 2.11. The minimum absolute atomic E-state index is 0. The highest BCUT2D eigenvalue weighted by molar-refractivity contribution is 7.99. The molecule has 7 N–H and O–H groups in total. The summed E-state index contributed by atoms with van der Waals surface area (Å²) >= 11 is 1.52. The fourth-order valence-corrected chi connectivity index (χ4v) is 3.00. The average molecular weight is 393 g/mol. The lowest BCUT2D eigenvalue weighted by Crippen LogP contribution is -2.12. The van der Waals surface area contributed by atoms with Crippen molar-refractivity contribution in [1.82, 2.24) is 15.0 Å². The van der Waals surface area contributed by atoms with E-state index in [4.69, 9.17) is 5.73 Å². The molecule has 0 unspecified atom stereocenters. The van der Waals surface area contributed by atoms with Gasteiger partial charge < -0.3 is 16.7 Å². The van der Waals surface area contributed by atoms with Crippen LogP contribution < -0.4 is 11.3 Å². The normalized spacial score (nSPS) is 9.04. The highest BCUT2D eigenvalue weighted by atomic mass is 35.5. The third-order valence-corrected chi connectivity index (χ3v) is 4.15. The molecule has 2 heterocycles. The summed E-state index contributed by atoms with van der Waals surface area (Å²) in [6, 6.07) is 7.56. The van der Waals surface area contributed by atoms with Gasteiger partial charge in [-0.15, -0.1) is 24.8 Å². The van der Waals surface area contributed by atoms with Gasteiger partial charge in [0.25, 0.3) is 5.56 Å². The van der Waals surface area contributed by atoms with Crippen molar-refractivity contribution in [3.8, 4) is 0 Å². The van der Waals surface area contributed by atoms with Gasteiger partial charge in [-0.05, 0) is 30.7 Å².